The fraction of sp³-hybridized carbons (Fsp3) is 0.467. The quantitative estimate of drug-likeness (QED) is 0.731. The van der Waals surface area contributed by atoms with E-state index in [0.717, 1.165) is 0 Å². The van der Waals surface area contributed by atoms with Crippen molar-refractivity contribution in [3.63, 3.8) is 0 Å². The van der Waals surface area contributed by atoms with E-state index in [2.05, 4.69) is 5.32 Å². The Kier molecular flexibility index (Phi) is 6.71. The van der Waals surface area contributed by atoms with Gasteiger partial charge in [0.05, 0.1) is 10.1 Å². The van der Waals surface area contributed by atoms with Crippen LogP contribution in [0.4, 0.5) is 0 Å². The summed E-state index contributed by atoms with van der Waals surface area (Å²) >= 11 is 0. The Balaban J connectivity index is 2.87. The summed E-state index contributed by atoms with van der Waals surface area (Å²) in [5.41, 5.74) is 0.191. The summed E-state index contributed by atoms with van der Waals surface area (Å²) in [6.07, 6.45) is 0.136. The summed E-state index contributed by atoms with van der Waals surface area (Å²) in [6.45, 7) is 3.34. The Morgan fingerprint density at radius 1 is 1.22 bits per heavy atom. The minimum absolute atomic E-state index is 0.123. The van der Waals surface area contributed by atoms with Gasteiger partial charge in [-0.2, -0.15) is 0 Å². The first-order valence-corrected chi connectivity index (χ1v) is 8.61. The van der Waals surface area contributed by atoms with Gasteiger partial charge in [-0.25, -0.2) is 13.2 Å². The molecule has 8 heteroatoms. The number of hydrogen-bond acceptors (Lipinski definition) is 5. The van der Waals surface area contributed by atoms with Crippen LogP contribution in [0.15, 0.2) is 29.2 Å². The minimum Gasteiger partial charge on any atom is -0.480 e. The minimum atomic E-state index is -3.41. The number of carbonyl (C=O) groups excluding carboxylic acids is 1. The molecule has 0 spiro atoms. The zero-order valence-electron chi connectivity index (χ0n) is 13.3. The van der Waals surface area contributed by atoms with Crippen LogP contribution in [0.25, 0.3) is 0 Å². The average molecular weight is 343 g/mol. The third-order valence-corrected chi connectivity index (χ3v) is 5.45. The number of rotatable bonds is 8. The van der Waals surface area contributed by atoms with E-state index in [0.29, 0.717) is 0 Å². The molecule has 7 nitrogen and oxygen atoms in total. The van der Waals surface area contributed by atoms with Crippen LogP contribution in [0.1, 0.15) is 30.6 Å². The lowest BCUT2D eigenvalue weighted by molar-refractivity contribution is -0.139. The number of hydrogen-bond donors (Lipinski definition) is 2. The molecule has 0 aromatic heterocycles. The molecule has 1 atom stereocenters. The Morgan fingerprint density at radius 3 is 2.22 bits per heavy atom. The number of sulfone groups is 1. The van der Waals surface area contributed by atoms with Gasteiger partial charge in [0.1, 0.15) is 6.04 Å². The van der Waals surface area contributed by atoms with Crippen LogP contribution in [0.5, 0.6) is 0 Å². The molecule has 0 saturated carbocycles. The van der Waals surface area contributed by atoms with Crippen LogP contribution >= 0.6 is 0 Å². The van der Waals surface area contributed by atoms with E-state index in [4.69, 9.17) is 9.84 Å². The Labute approximate surface area is 135 Å². The molecule has 0 saturated heterocycles. The summed E-state index contributed by atoms with van der Waals surface area (Å²) in [5.74, 6) is -1.74. The fourth-order valence-electron chi connectivity index (χ4n) is 1.80. The van der Waals surface area contributed by atoms with Crippen LogP contribution < -0.4 is 5.32 Å². The first-order chi connectivity index (χ1) is 10.7. The second kappa shape index (κ2) is 8.07. The molecule has 0 fully saturated rings. The number of amides is 1. The number of aliphatic carboxylic acids is 1. The molecular formula is C15H21NO6S. The maximum absolute atomic E-state index is 12.1. The number of carboxylic acids is 1. The second-order valence-corrected chi connectivity index (χ2v) is 7.77. The Morgan fingerprint density at radius 2 is 1.78 bits per heavy atom. The van der Waals surface area contributed by atoms with Crippen molar-refractivity contribution >= 4 is 21.7 Å². The van der Waals surface area contributed by atoms with Crippen molar-refractivity contribution < 1.29 is 27.9 Å². The average Bonchev–Trinajstić information content (AvgIpc) is 2.50. The molecule has 1 rings (SSSR count). The predicted octanol–water partition coefficient (Wildman–Crippen LogP) is 1.09. The van der Waals surface area contributed by atoms with Gasteiger partial charge in [0.25, 0.3) is 5.91 Å². The molecule has 1 amide bonds. The van der Waals surface area contributed by atoms with Crippen LogP contribution in [-0.2, 0) is 19.4 Å². The van der Waals surface area contributed by atoms with Gasteiger partial charge < -0.3 is 15.2 Å². The largest absolute Gasteiger partial charge is 0.480 e. The molecule has 2 N–H and O–H groups in total. The van der Waals surface area contributed by atoms with Crippen LogP contribution in [0.3, 0.4) is 0 Å². The van der Waals surface area contributed by atoms with Gasteiger partial charge in [-0.05, 0) is 38.1 Å². The van der Waals surface area contributed by atoms with E-state index < -0.39 is 33.0 Å². The zero-order valence-corrected chi connectivity index (χ0v) is 14.1. The van der Waals surface area contributed by atoms with E-state index in [1.807, 2.05) is 0 Å². The summed E-state index contributed by atoms with van der Waals surface area (Å²) in [7, 11) is -1.97. The van der Waals surface area contributed by atoms with Crippen molar-refractivity contribution in [3.05, 3.63) is 29.8 Å². The molecule has 0 bridgehead atoms. The van der Waals surface area contributed by atoms with Gasteiger partial charge in [-0.15, -0.1) is 0 Å². The lowest BCUT2D eigenvalue weighted by Crippen LogP contribution is -2.41. The van der Waals surface area contributed by atoms with Crippen molar-refractivity contribution in [2.45, 2.75) is 36.5 Å². The third kappa shape index (κ3) is 5.04. The highest BCUT2D eigenvalue weighted by molar-refractivity contribution is 7.92. The molecule has 0 aliphatic heterocycles. The maximum atomic E-state index is 12.1. The molecule has 0 aliphatic carbocycles. The lowest BCUT2D eigenvalue weighted by atomic mass is 10.1. The standard InChI is InChI=1S/C15H21NO6S/c1-10(2)23(20,21)12-6-4-11(5-7-12)14(17)16-13(15(18)19)8-9-22-3/h4-7,10,13H,8-9H2,1-3H3,(H,16,17)(H,18,19). The number of carbonyl (C=O) groups is 2. The second-order valence-electron chi connectivity index (χ2n) is 5.26. The topological polar surface area (TPSA) is 110 Å². The first-order valence-electron chi connectivity index (χ1n) is 7.06. The van der Waals surface area contributed by atoms with Crippen LogP contribution in [0, 0.1) is 0 Å². The number of carboxylic acid groups (broad SMARTS) is 1. The normalized spacial score (nSPS) is 12.9. The molecule has 0 radical (unpaired) electrons. The number of methoxy groups -OCH3 is 1. The Hall–Kier alpha value is -1.93. The lowest BCUT2D eigenvalue weighted by Gasteiger charge is -2.14. The molecular weight excluding hydrogens is 322 g/mol. The van der Waals surface area contributed by atoms with Crippen molar-refractivity contribution in [2.75, 3.05) is 13.7 Å². The summed E-state index contributed by atoms with van der Waals surface area (Å²) in [5, 5.41) is 10.9. The summed E-state index contributed by atoms with van der Waals surface area (Å²) in [6, 6.07) is 4.34. The summed E-state index contributed by atoms with van der Waals surface area (Å²) in [4.78, 5) is 23.3. The zero-order chi connectivity index (χ0) is 17.6. The molecule has 1 aromatic carbocycles. The monoisotopic (exact) mass is 343 g/mol. The van der Waals surface area contributed by atoms with Gasteiger partial charge in [0.15, 0.2) is 9.84 Å². The van der Waals surface area contributed by atoms with Gasteiger partial charge in [0.2, 0.25) is 0 Å². The molecule has 1 aromatic rings. The van der Waals surface area contributed by atoms with Gasteiger partial charge in [0, 0.05) is 25.7 Å². The van der Waals surface area contributed by atoms with E-state index in [1.54, 1.807) is 13.8 Å². The van der Waals surface area contributed by atoms with Crippen molar-refractivity contribution in [1.82, 2.24) is 5.32 Å². The third-order valence-electron chi connectivity index (χ3n) is 3.28. The summed E-state index contributed by atoms with van der Waals surface area (Å²) < 4.78 is 28.8. The molecule has 0 heterocycles. The van der Waals surface area contributed by atoms with Gasteiger partial charge >= 0.3 is 5.97 Å². The van der Waals surface area contributed by atoms with Crippen LogP contribution in [0.2, 0.25) is 0 Å². The maximum Gasteiger partial charge on any atom is 0.326 e. The van der Waals surface area contributed by atoms with E-state index in [-0.39, 0.29) is 23.5 Å². The van der Waals surface area contributed by atoms with Gasteiger partial charge in [-0.3, -0.25) is 4.79 Å². The van der Waals surface area contributed by atoms with E-state index in [1.165, 1.54) is 31.4 Å². The van der Waals surface area contributed by atoms with E-state index in [9.17, 15) is 18.0 Å². The highest BCUT2D eigenvalue weighted by Crippen LogP contribution is 2.16. The smallest absolute Gasteiger partial charge is 0.326 e. The molecule has 23 heavy (non-hydrogen) atoms. The van der Waals surface area contributed by atoms with Crippen molar-refractivity contribution in [3.8, 4) is 0 Å². The Bertz CT molecular complexity index is 651. The number of ether oxygens (including phenoxy) is 1. The van der Waals surface area contributed by atoms with Crippen molar-refractivity contribution in [2.24, 2.45) is 0 Å². The van der Waals surface area contributed by atoms with Crippen LogP contribution in [-0.4, -0.2) is 50.4 Å². The van der Waals surface area contributed by atoms with Crippen molar-refractivity contribution in [1.29, 1.82) is 0 Å². The van der Waals surface area contributed by atoms with E-state index >= 15 is 0 Å². The highest BCUT2D eigenvalue weighted by Gasteiger charge is 2.22. The number of nitrogens with one attached hydrogen (secondary N) is 1. The highest BCUT2D eigenvalue weighted by atomic mass is 32.2. The predicted molar refractivity (Wildman–Crippen MR) is 84.1 cm³/mol. The van der Waals surface area contributed by atoms with Gasteiger partial charge in [-0.1, -0.05) is 0 Å². The number of benzene rings is 1. The molecule has 0 aliphatic rings. The molecule has 128 valence electrons. The fourth-order valence-corrected chi connectivity index (χ4v) is 2.86. The SMILES string of the molecule is COCCC(NC(=O)c1ccc(S(=O)(=O)C(C)C)cc1)C(=O)O. The first kappa shape index (κ1) is 19.1. The molecule has 1 unspecified atom stereocenters.